The van der Waals surface area contributed by atoms with Crippen molar-refractivity contribution in [3.8, 4) is 11.5 Å². The van der Waals surface area contributed by atoms with Crippen molar-refractivity contribution in [2.24, 2.45) is 5.10 Å². The van der Waals surface area contributed by atoms with E-state index >= 15 is 0 Å². The first-order valence-electron chi connectivity index (χ1n) is 9.89. The minimum Gasteiger partial charge on any atom is -0.490 e. The van der Waals surface area contributed by atoms with Gasteiger partial charge in [0, 0.05) is 9.26 Å². The molecule has 0 heterocycles. The van der Waals surface area contributed by atoms with Gasteiger partial charge in [0.15, 0.2) is 11.5 Å². The molecule has 3 aromatic carbocycles. The van der Waals surface area contributed by atoms with E-state index in [1.165, 1.54) is 0 Å². The number of carbonyl (C=O) groups excluding carboxylic acids is 1. The molecule has 3 aromatic rings. The van der Waals surface area contributed by atoms with Gasteiger partial charge < -0.3 is 14.8 Å². The van der Waals surface area contributed by atoms with Gasteiger partial charge in [-0.1, -0.05) is 30.3 Å². The number of hydrogen-bond acceptors (Lipinski definition) is 5. The van der Waals surface area contributed by atoms with E-state index in [2.05, 4.69) is 38.4 Å². The fourth-order valence-corrected chi connectivity index (χ4v) is 3.06. The lowest BCUT2D eigenvalue weighted by molar-refractivity contribution is -0.119. The normalized spacial score (nSPS) is 10.6. The number of anilines is 1. The third-order valence-corrected chi connectivity index (χ3v) is 4.92. The molecule has 3 rings (SSSR count). The van der Waals surface area contributed by atoms with Gasteiger partial charge >= 0.3 is 0 Å². The molecule has 0 aliphatic rings. The molecule has 6 nitrogen and oxygen atoms in total. The fraction of sp³-hybridized carbons (Fsp3) is 0.167. The number of benzene rings is 3. The van der Waals surface area contributed by atoms with Crippen molar-refractivity contribution in [3.05, 3.63) is 87.5 Å². The van der Waals surface area contributed by atoms with E-state index in [0.29, 0.717) is 24.7 Å². The highest BCUT2D eigenvalue weighted by Crippen LogP contribution is 2.28. The minimum atomic E-state index is -0.234. The summed E-state index contributed by atoms with van der Waals surface area (Å²) in [6.45, 7) is 3.03. The third kappa shape index (κ3) is 7.60. The average Bonchev–Trinajstić information content (AvgIpc) is 2.79. The molecule has 160 valence electrons. The first-order valence-corrected chi connectivity index (χ1v) is 11.0. The van der Waals surface area contributed by atoms with Gasteiger partial charge in [-0.3, -0.25) is 4.79 Å². The number of nitrogens with zero attached hydrogens (tertiary/aromatic N) is 1. The summed E-state index contributed by atoms with van der Waals surface area (Å²) >= 11 is 2.24. The van der Waals surface area contributed by atoms with E-state index in [1.54, 1.807) is 6.21 Å². The standard InChI is InChI=1S/C24H24IN3O3/c1-2-30-23-14-19(8-13-22(23)31-17-18-6-4-3-5-7-18)15-27-28-24(29)16-26-21-11-9-20(25)10-12-21/h3-15,26H,2,16-17H2,1H3,(H,28,29)/b27-15-. The molecule has 0 unspecified atom stereocenters. The van der Waals surface area contributed by atoms with Crippen molar-refractivity contribution in [1.29, 1.82) is 0 Å². The molecule has 1 amide bonds. The van der Waals surface area contributed by atoms with Crippen molar-refractivity contribution in [2.75, 3.05) is 18.5 Å². The van der Waals surface area contributed by atoms with E-state index in [0.717, 1.165) is 20.4 Å². The van der Waals surface area contributed by atoms with Crippen LogP contribution in [-0.2, 0) is 11.4 Å². The van der Waals surface area contributed by atoms with Gasteiger partial charge in [-0.2, -0.15) is 5.10 Å². The lowest BCUT2D eigenvalue weighted by atomic mass is 10.2. The van der Waals surface area contributed by atoms with Crippen LogP contribution in [0, 0.1) is 3.57 Å². The number of hydrogen-bond donors (Lipinski definition) is 2. The van der Waals surface area contributed by atoms with Gasteiger partial charge in [-0.15, -0.1) is 0 Å². The Balaban J connectivity index is 1.53. The quantitative estimate of drug-likeness (QED) is 0.224. The maximum absolute atomic E-state index is 12.0. The Morgan fingerprint density at radius 2 is 1.77 bits per heavy atom. The van der Waals surface area contributed by atoms with Crippen molar-refractivity contribution in [3.63, 3.8) is 0 Å². The van der Waals surface area contributed by atoms with E-state index in [4.69, 9.17) is 9.47 Å². The van der Waals surface area contributed by atoms with Crippen LogP contribution in [0.1, 0.15) is 18.1 Å². The van der Waals surface area contributed by atoms with Crippen LogP contribution in [0.5, 0.6) is 11.5 Å². The Labute approximate surface area is 195 Å². The molecular formula is C24H24IN3O3. The van der Waals surface area contributed by atoms with Gasteiger partial charge in [0.2, 0.25) is 0 Å². The second-order valence-corrected chi connectivity index (χ2v) is 7.81. The molecular weight excluding hydrogens is 505 g/mol. The second kappa shape index (κ2) is 11.9. The number of hydrazone groups is 1. The Hall–Kier alpha value is -3.07. The summed E-state index contributed by atoms with van der Waals surface area (Å²) < 4.78 is 12.8. The molecule has 31 heavy (non-hydrogen) atoms. The van der Waals surface area contributed by atoms with Gasteiger partial charge in [-0.05, 0) is 83.1 Å². The Morgan fingerprint density at radius 1 is 1.00 bits per heavy atom. The smallest absolute Gasteiger partial charge is 0.259 e. The zero-order chi connectivity index (χ0) is 21.9. The van der Waals surface area contributed by atoms with E-state index in [1.807, 2.05) is 79.7 Å². The number of carbonyl (C=O) groups is 1. The van der Waals surface area contributed by atoms with Crippen LogP contribution in [0.2, 0.25) is 0 Å². The van der Waals surface area contributed by atoms with Gasteiger partial charge in [0.25, 0.3) is 5.91 Å². The first-order chi connectivity index (χ1) is 15.1. The summed E-state index contributed by atoms with van der Waals surface area (Å²) in [5, 5.41) is 7.09. The summed E-state index contributed by atoms with van der Waals surface area (Å²) in [6.07, 6.45) is 1.58. The SMILES string of the molecule is CCOc1cc(/C=N\NC(=O)CNc2ccc(I)cc2)ccc1OCc1ccccc1. The van der Waals surface area contributed by atoms with E-state index < -0.39 is 0 Å². The summed E-state index contributed by atoms with van der Waals surface area (Å²) in [7, 11) is 0. The number of nitrogens with one attached hydrogen (secondary N) is 2. The highest BCUT2D eigenvalue weighted by molar-refractivity contribution is 14.1. The first kappa shape index (κ1) is 22.6. The Morgan fingerprint density at radius 3 is 2.52 bits per heavy atom. The van der Waals surface area contributed by atoms with Crippen LogP contribution in [0.3, 0.4) is 0 Å². The van der Waals surface area contributed by atoms with Crippen LogP contribution in [0.4, 0.5) is 5.69 Å². The number of amides is 1. The largest absolute Gasteiger partial charge is 0.490 e. The Bertz CT molecular complexity index is 1010. The molecule has 0 saturated heterocycles. The summed E-state index contributed by atoms with van der Waals surface area (Å²) in [4.78, 5) is 12.0. The van der Waals surface area contributed by atoms with Crippen LogP contribution >= 0.6 is 22.6 Å². The lowest BCUT2D eigenvalue weighted by Gasteiger charge is -2.12. The molecule has 7 heteroatoms. The number of halogens is 1. The highest BCUT2D eigenvalue weighted by Gasteiger charge is 2.07. The van der Waals surface area contributed by atoms with Gasteiger partial charge in [0.1, 0.15) is 6.61 Å². The van der Waals surface area contributed by atoms with Crippen LogP contribution in [-0.4, -0.2) is 25.3 Å². The maximum atomic E-state index is 12.0. The summed E-state index contributed by atoms with van der Waals surface area (Å²) in [5.74, 6) is 1.06. The molecule has 0 fully saturated rings. The number of rotatable bonds is 10. The molecule has 0 spiro atoms. The average molecular weight is 529 g/mol. The van der Waals surface area contributed by atoms with Crippen LogP contribution in [0.15, 0.2) is 77.9 Å². The van der Waals surface area contributed by atoms with Crippen LogP contribution in [0.25, 0.3) is 0 Å². The minimum absolute atomic E-state index is 0.133. The summed E-state index contributed by atoms with van der Waals surface area (Å²) in [5.41, 5.74) is 5.28. The van der Waals surface area contributed by atoms with Crippen molar-refractivity contribution in [1.82, 2.24) is 5.43 Å². The molecule has 0 aromatic heterocycles. The fourth-order valence-electron chi connectivity index (χ4n) is 2.70. The lowest BCUT2D eigenvalue weighted by Crippen LogP contribution is -2.25. The molecule has 0 bridgehead atoms. The number of ether oxygens (including phenoxy) is 2. The third-order valence-electron chi connectivity index (χ3n) is 4.20. The molecule has 0 saturated carbocycles. The Kier molecular flexibility index (Phi) is 8.71. The highest BCUT2D eigenvalue weighted by atomic mass is 127. The molecule has 0 atom stereocenters. The van der Waals surface area contributed by atoms with Crippen molar-refractivity contribution < 1.29 is 14.3 Å². The predicted octanol–water partition coefficient (Wildman–Crippen LogP) is 4.83. The van der Waals surface area contributed by atoms with Crippen molar-refractivity contribution >= 4 is 40.4 Å². The summed E-state index contributed by atoms with van der Waals surface area (Å²) in [6, 6.07) is 23.3. The van der Waals surface area contributed by atoms with Gasteiger partial charge in [0.05, 0.1) is 19.4 Å². The van der Waals surface area contributed by atoms with E-state index in [9.17, 15) is 4.79 Å². The second-order valence-electron chi connectivity index (χ2n) is 6.57. The van der Waals surface area contributed by atoms with E-state index in [-0.39, 0.29) is 12.5 Å². The molecule has 2 N–H and O–H groups in total. The van der Waals surface area contributed by atoms with Crippen LogP contribution < -0.4 is 20.2 Å². The van der Waals surface area contributed by atoms with Gasteiger partial charge in [-0.25, -0.2) is 5.43 Å². The maximum Gasteiger partial charge on any atom is 0.259 e. The zero-order valence-corrected chi connectivity index (χ0v) is 19.3. The molecule has 0 aliphatic heterocycles. The van der Waals surface area contributed by atoms with Crippen molar-refractivity contribution in [2.45, 2.75) is 13.5 Å². The topological polar surface area (TPSA) is 72.0 Å². The monoisotopic (exact) mass is 529 g/mol. The predicted molar refractivity (Wildman–Crippen MR) is 132 cm³/mol. The molecule has 0 radical (unpaired) electrons. The zero-order valence-electron chi connectivity index (χ0n) is 17.2. The molecule has 0 aliphatic carbocycles.